The van der Waals surface area contributed by atoms with E-state index in [2.05, 4.69) is 25.3 Å². The fourth-order valence-corrected chi connectivity index (χ4v) is 1.42. The number of hydrogen-bond acceptors (Lipinski definition) is 6. The molecule has 6 heteroatoms. The summed E-state index contributed by atoms with van der Waals surface area (Å²) in [4.78, 5) is 8.15. The molecule has 3 rings (SSSR count). The van der Waals surface area contributed by atoms with Gasteiger partial charge in [0.05, 0.1) is 12.4 Å². The van der Waals surface area contributed by atoms with Crippen molar-refractivity contribution in [3.05, 3.63) is 43.2 Å². The Bertz CT molecular complexity index is 609. The summed E-state index contributed by atoms with van der Waals surface area (Å²) in [6, 6.07) is 3.60. The maximum atomic E-state index is 4.79. The maximum Gasteiger partial charge on any atom is 0.124 e. The third-order valence-electron chi connectivity index (χ3n) is 2.21. The average molecular weight is 225 g/mol. The van der Waals surface area contributed by atoms with Crippen molar-refractivity contribution < 1.29 is 4.52 Å². The smallest absolute Gasteiger partial charge is 0.124 e. The largest absolute Gasteiger partial charge is 0.364 e. The second-order valence-electron chi connectivity index (χ2n) is 3.30. The number of aromatic nitrogens is 5. The highest BCUT2D eigenvalue weighted by Gasteiger charge is 2.06. The van der Waals surface area contributed by atoms with Crippen LogP contribution in [0, 0.1) is 0 Å². The first-order chi connectivity index (χ1) is 8.43. The Balaban J connectivity index is 2.06. The lowest BCUT2D eigenvalue weighted by Crippen LogP contribution is -1.91. The van der Waals surface area contributed by atoms with E-state index in [0.717, 1.165) is 5.56 Å². The van der Waals surface area contributed by atoms with E-state index in [1.807, 2.05) is 6.07 Å². The van der Waals surface area contributed by atoms with E-state index in [1.54, 1.807) is 30.9 Å². The molecule has 0 amide bonds. The molecular weight excluding hydrogens is 218 g/mol. The van der Waals surface area contributed by atoms with Crippen LogP contribution < -0.4 is 0 Å². The zero-order valence-corrected chi connectivity index (χ0v) is 8.69. The van der Waals surface area contributed by atoms with Gasteiger partial charge in [-0.1, -0.05) is 5.16 Å². The van der Waals surface area contributed by atoms with Gasteiger partial charge >= 0.3 is 0 Å². The van der Waals surface area contributed by atoms with Crippen LogP contribution in [0.3, 0.4) is 0 Å². The normalized spacial score (nSPS) is 10.4. The van der Waals surface area contributed by atoms with Gasteiger partial charge in [-0.15, -0.1) is 5.10 Å². The third kappa shape index (κ3) is 1.87. The van der Waals surface area contributed by atoms with E-state index in [1.165, 1.54) is 6.26 Å². The predicted molar refractivity (Wildman–Crippen MR) is 58.6 cm³/mol. The molecule has 3 aromatic heterocycles. The van der Waals surface area contributed by atoms with E-state index in [0.29, 0.717) is 17.1 Å². The van der Waals surface area contributed by atoms with E-state index < -0.39 is 0 Å². The molecule has 0 saturated heterocycles. The molecule has 82 valence electrons. The van der Waals surface area contributed by atoms with Gasteiger partial charge in [0.25, 0.3) is 0 Å². The molecule has 0 aliphatic heterocycles. The molecule has 0 atom stereocenters. The molecule has 0 aromatic carbocycles. The minimum absolute atomic E-state index is 0.651. The second-order valence-corrected chi connectivity index (χ2v) is 3.30. The molecule has 0 fully saturated rings. The van der Waals surface area contributed by atoms with Crippen LogP contribution >= 0.6 is 0 Å². The van der Waals surface area contributed by atoms with E-state index in [4.69, 9.17) is 4.52 Å². The second kappa shape index (κ2) is 4.09. The third-order valence-corrected chi connectivity index (χ3v) is 2.21. The zero-order chi connectivity index (χ0) is 11.5. The van der Waals surface area contributed by atoms with Crippen molar-refractivity contribution in [3.63, 3.8) is 0 Å². The van der Waals surface area contributed by atoms with Gasteiger partial charge in [0.1, 0.15) is 23.3 Å². The van der Waals surface area contributed by atoms with Gasteiger partial charge in [0.15, 0.2) is 0 Å². The Labute approximate surface area is 96.4 Å². The fourth-order valence-electron chi connectivity index (χ4n) is 1.42. The zero-order valence-electron chi connectivity index (χ0n) is 8.69. The van der Waals surface area contributed by atoms with Crippen LogP contribution in [0.2, 0.25) is 0 Å². The standard InChI is InChI=1S/C11H7N5O/c1-4-17-16-9(1)8-5-10(15-14-6-8)11-7-12-2-3-13-11/h1-7H. The van der Waals surface area contributed by atoms with Crippen molar-refractivity contribution in [1.29, 1.82) is 0 Å². The Morgan fingerprint density at radius 3 is 2.76 bits per heavy atom. The van der Waals surface area contributed by atoms with Crippen molar-refractivity contribution in [2.24, 2.45) is 0 Å². The topological polar surface area (TPSA) is 77.6 Å². The molecule has 0 unspecified atom stereocenters. The molecule has 0 saturated carbocycles. The molecule has 0 bridgehead atoms. The molecule has 0 aliphatic carbocycles. The molecule has 0 radical (unpaired) electrons. The van der Waals surface area contributed by atoms with Gasteiger partial charge in [0, 0.05) is 24.0 Å². The number of nitrogens with zero attached hydrogens (tertiary/aromatic N) is 5. The Kier molecular flexibility index (Phi) is 2.31. The minimum Gasteiger partial charge on any atom is -0.364 e. The van der Waals surface area contributed by atoms with Crippen LogP contribution in [0.5, 0.6) is 0 Å². The fraction of sp³-hybridized carbons (Fsp3) is 0. The Morgan fingerprint density at radius 1 is 1.00 bits per heavy atom. The highest BCUT2D eigenvalue weighted by molar-refractivity contribution is 5.64. The van der Waals surface area contributed by atoms with Gasteiger partial charge in [-0.25, -0.2) is 0 Å². The predicted octanol–water partition coefficient (Wildman–Crippen LogP) is 1.59. The summed E-state index contributed by atoms with van der Waals surface area (Å²) in [5, 5.41) is 11.8. The van der Waals surface area contributed by atoms with Gasteiger partial charge in [-0.2, -0.15) is 5.10 Å². The van der Waals surface area contributed by atoms with Crippen molar-refractivity contribution in [3.8, 4) is 22.6 Å². The van der Waals surface area contributed by atoms with Crippen molar-refractivity contribution in [2.45, 2.75) is 0 Å². The molecule has 0 spiro atoms. The van der Waals surface area contributed by atoms with E-state index in [9.17, 15) is 0 Å². The molecule has 3 aromatic rings. The van der Waals surface area contributed by atoms with Crippen molar-refractivity contribution in [1.82, 2.24) is 25.3 Å². The monoisotopic (exact) mass is 225 g/mol. The lowest BCUT2D eigenvalue weighted by Gasteiger charge is -1.99. The van der Waals surface area contributed by atoms with Crippen LogP contribution in [-0.4, -0.2) is 25.3 Å². The van der Waals surface area contributed by atoms with Gasteiger partial charge in [0.2, 0.25) is 0 Å². The maximum absolute atomic E-state index is 4.79. The number of rotatable bonds is 2. The Hall–Kier alpha value is -2.63. The minimum atomic E-state index is 0.651. The summed E-state index contributed by atoms with van der Waals surface area (Å²) in [5.41, 5.74) is 2.86. The van der Waals surface area contributed by atoms with Crippen LogP contribution in [-0.2, 0) is 0 Å². The summed E-state index contributed by atoms with van der Waals surface area (Å²) < 4.78 is 4.79. The van der Waals surface area contributed by atoms with Crippen LogP contribution in [0.1, 0.15) is 0 Å². The van der Waals surface area contributed by atoms with Gasteiger partial charge < -0.3 is 4.52 Å². The highest BCUT2D eigenvalue weighted by Crippen LogP contribution is 2.20. The summed E-state index contributed by atoms with van der Waals surface area (Å²) in [5.74, 6) is 0. The molecule has 17 heavy (non-hydrogen) atoms. The van der Waals surface area contributed by atoms with Gasteiger partial charge in [-0.05, 0) is 6.07 Å². The SMILES string of the molecule is c1cnc(-c2cc(-c3ccon3)cnn2)cn1. The molecule has 3 heterocycles. The van der Waals surface area contributed by atoms with Crippen molar-refractivity contribution >= 4 is 0 Å². The summed E-state index contributed by atoms with van der Waals surface area (Å²) in [6.45, 7) is 0. The Morgan fingerprint density at radius 2 is 2.00 bits per heavy atom. The van der Waals surface area contributed by atoms with Crippen LogP contribution in [0.4, 0.5) is 0 Å². The lowest BCUT2D eigenvalue weighted by atomic mass is 10.2. The van der Waals surface area contributed by atoms with Gasteiger partial charge in [-0.3, -0.25) is 9.97 Å². The lowest BCUT2D eigenvalue weighted by molar-refractivity contribution is 0.422. The molecule has 6 nitrogen and oxygen atoms in total. The number of hydrogen-bond donors (Lipinski definition) is 0. The molecule has 0 aliphatic rings. The summed E-state index contributed by atoms with van der Waals surface area (Å²) >= 11 is 0. The van der Waals surface area contributed by atoms with Crippen LogP contribution in [0.15, 0.2) is 47.7 Å². The van der Waals surface area contributed by atoms with Crippen LogP contribution in [0.25, 0.3) is 22.6 Å². The average Bonchev–Trinajstić information content (AvgIpc) is 2.94. The molecular formula is C11H7N5O. The first kappa shape index (κ1) is 9.59. The van der Waals surface area contributed by atoms with Crippen molar-refractivity contribution in [2.75, 3.05) is 0 Å². The highest BCUT2D eigenvalue weighted by atomic mass is 16.5. The summed E-state index contributed by atoms with van der Waals surface area (Å²) in [6.07, 6.45) is 7.99. The first-order valence-electron chi connectivity index (χ1n) is 4.93. The van der Waals surface area contributed by atoms with E-state index in [-0.39, 0.29) is 0 Å². The van der Waals surface area contributed by atoms with E-state index >= 15 is 0 Å². The summed E-state index contributed by atoms with van der Waals surface area (Å²) in [7, 11) is 0. The quantitative estimate of drug-likeness (QED) is 0.659. The first-order valence-corrected chi connectivity index (χ1v) is 4.93. The molecule has 0 N–H and O–H groups in total.